The van der Waals surface area contributed by atoms with Gasteiger partial charge in [0, 0.05) is 24.3 Å². The van der Waals surface area contributed by atoms with E-state index in [1.54, 1.807) is 16.7 Å². The summed E-state index contributed by atoms with van der Waals surface area (Å²) in [6.45, 7) is 11.9. The molecule has 0 aromatic heterocycles. The topological polar surface area (TPSA) is 52.7 Å². The van der Waals surface area contributed by atoms with Crippen LogP contribution in [-0.2, 0) is 22.7 Å². The third kappa shape index (κ3) is 5.98. The molecule has 0 radical (unpaired) electrons. The van der Waals surface area contributed by atoms with Crippen LogP contribution in [0.1, 0.15) is 51.7 Å². The predicted molar refractivity (Wildman–Crippen MR) is 119 cm³/mol. The number of piperidine rings is 1. The average Bonchev–Trinajstić information content (AvgIpc) is 3.16. The Balaban J connectivity index is 1.54. The third-order valence-corrected chi connectivity index (χ3v) is 6.84. The van der Waals surface area contributed by atoms with Crippen LogP contribution in [0.2, 0.25) is 0 Å². The van der Waals surface area contributed by atoms with E-state index in [0.29, 0.717) is 18.2 Å². The Kier molecular flexibility index (Phi) is 7.28. The highest BCUT2D eigenvalue weighted by molar-refractivity contribution is 7.99. The van der Waals surface area contributed by atoms with Crippen LogP contribution in [0.4, 0.5) is 0 Å². The molecule has 0 spiro atoms. The summed E-state index contributed by atoms with van der Waals surface area (Å²) in [5.74, 6) is 2.09. The van der Waals surface area contributed by atoms with Gasteiger partial charge in [-0.3, -0.25) is 14.5 Å². The molecule has 2 saturated heterocycles. The normalized spacial score (nSPS) is 21.4. The number of hydrogen-bond donors (Lipinski definition) is 1. The lowest BCUT2D eigenvalue weighted by atomic mass is 9.94. The molecule has 6 heteroatoms. The Morgan fingerprint density at radius 3 is 2.55 bits per heavy atom. The molecule has 1 aromatic rings. The van der Waals surface area contributed by atoms with E-state index in [9.17, 15) is 9.59 Å². The molecule has 0 aliphatic carbocycles. The first-order valence-corrected chi connectivity index (χ1v) is 11.9. The largest absolute Gasteiger partial charge is 0.350 e. The highest BCUT2D eigenvalue weighted by Gasteiger charge is 2.38. The molecule has 1 unspecified atom stereocenters. The number of rotatable bonds is 5. The number of thioether (sulfide) groups is 1. The molecule has 0 saturated carbocycles. The molecule has 160 valence electrons. The second-order valence-corrected chi connectivity index (χ2v) is 10.5. The number of benzene rings is 1. The Labute approximate surface area is 179 Å². The van der Waals surface area contributed by atoms with Crippen molar-refractivity contribution in [3.8, 4) is 0 Å². The van der Waals surface area contributed by atoms with E-state index >= 15 is 0 Å². The van der Waals surface area contributed by atoms with Gasteiger partial charge in [-0.15, -0.1) is 11.8 Å². The van der Waals surface area contributed by atoms with Crippen LogP contribution in [0.25, 0.3) is 0 Å². The van der Waals surface area contributed by atoms with Gasteiger partial charge in [0.25, 0.3) is 0 Å². The molecular weight excluding hydrogens is 382 g/mol. The first-order valence-electron chi connectivity index (χ1n) is 10.7. The van der Waals surface area contributed by atoms with Crippen molar-refractivity contribution >= 4 is 23.6 Å². The van der Waals surface area contributed by atoms with Crippen LogP contribution < -0.4 is 5.32 Å². The number of nitrogens with one attached hydrogen (secondary N) is 1. The van der Waals surface area contributed by atoms with Gasteiger partial charge >= 0.3 is 0 Å². The Bertz CT molecular complexity index is 723. The van der Waals surface area contributed by atoms with Crippen LogP contribution in [0, 0.1) is 11.3 Å². The lowest BCUT2D eigenvalue weighted by Gasteiger charge is -2.30. The number of hydrogen-bond acceptors (Lipinski definition) is 4. The molecule has 1 atom stereocenters. The zero-order valence-corrected chi connectivity index (χ0v) is 19.1. The van der Waals surface area contributed by atoms with Gasteiger partial charge in [-0.25, -0.2) is 0 Å². The van der Waals surface area contributed by atoms with Crippen molar-refractivity contribution in [2.75, 3.05) is 24.7 Å². The van der Waals surface area contributed by atoms with E-state index < -0.39 is 5.41 Å². The number of amides is 2. The summed E-state index contributed by atoms with van der Waals surface area (Å²) in [6.07, 6.45) is 2.55. The van der Waals surface area contributed by atoms with Crippen LogP contribution >= 0.6 is 11.8 Å². The standard InChI is InChI=1S/C23H35N3O2S/c1-17-8-10-25(11-9-17)14-19-7-5-6-18(12-19)13-24-21(27)20-15-29-16-26(20)22(28)23(2,3)4/h5-7,12,17,20H,8-11,13-16H2,1-4H3,(H,24,27). The minimum Gasteiger partial charge on any atom is -0.350 e. The van der Waals surface area contributed by atoms with Gasteiger partial charge < -0.3 is 10.2 Å². The van der Waals surface area contributed by atoms with Gasteiger partial charge in [-0.1, -0.05) is 52.0 Å². The van der Waals surface area contributed by atoms with E-state index in [2.05, 4.69) is 41.4 Å². The summed E-state index contributed by atoms with van der Waals surface area (Å²) in [4.78, 5) is 29.7. The maximum Gasteiger partial charge on any atom is 0.243 e. The summed E-state index contributed by atoms with van der Waals surface area (Å²) >= 11 is 1.65. The monoisotopic (exact) mass is 417 g/mol. The smallest absolute Gasteiger partial charge is 0.243 e. The van der Waals surface area contributed by atoms with Crippen LogP contribution in [-0.4, -0.2) is 52.4 Å². The molecule has 2 aliphatic rings. The predicted octanol–water partition coefficient (Wildman–Crippen LogP) is 3.48. The summed E-state index contributed by atoms with van der Waals surface area (Å²) in [6, 6.07) is 8.12. The number of carbonyl (C=O) groups is 2. The van der Waals surface area contributed by atoms with Crippen molar-refractivity contribution in [3.05, 3.63) is 35.4 Å². The molecule has 5 nitrogen and oxygen atoms in total. The molecule has 2 heterocycles. The third-order valence-electron chi connectivity index (χ3n) is 5.83. The Hall–Kier alpha value is -1.53. The first kappa shape index (κ1) is 22.2. The van der Waals surface area contributed by atoms with Crippen molar-refractivity contribution in [1.82, 2.24) is 15.1 Å². The fourth-order valence-electron chi connectivity index (χ4n) is 3.91. The van der Waals surface area contributed by atoms with E-state index in [1.807, 2.05) is 20.8 Å². The Morgan fingerprint density at radius 2 is 1.86 bits per heavy atom. The molecule has 2 amide bonds. The minimum atomic E-state index is -0.468. The molecule has 0 bridgehead atoms. The number of carbonyl (C=O) groups excluding carboxylic acids is 2. The van der Waals surface area contributed by atoms with Crippen LogP contribution in [0.5, 0.6) is 0 Å². The summed E-state index contributed by atoms with van der Waals surface area (Å²) < 4.78 is 0. The second-order valence-electron chi connectivity index (χ2n) is 9.54. The molecule has 3 rings (SSSR count). The van der Waals surface area contributed by atoms with Crippen molar-refractivity contribution in [1.29, 1.82) is 0 Å². The van der Waals surface area contributed by atoms with Crippen molar-refractivity contribution < 1.29 is 9.59 Å². The quantitative estimate of drug-likeness (QED) is 0.797. The molecule has 1 N–H and O–H groups in total. The lowest BCUT2D eigenvalue weighted by Crippen LogP contribution is -2.50. The average molecular weight is 418 g/mol. The fraction of sp³-hybridized carbons (Fsp3) is 0.652. The maximum atomic E-state index is 12.8. The highest BCUT2D eigenvalue weighted by Crippen LogP contribution is 2.27. The summed E-state index contributed by atoms with van der Waals surface area (Å²) in [5.41, 5.74) is 1.94. The molecular formula is C23H35N3O2S. The molecule has 2 aliphatic heterocycles. The van der Waals surface area contributed by atoms with Crippen molar-refractivity contribution in [3.63, 3.8) is 0 Å². The minimum absolute atomic E-state index is 0.0421. The van der Waals surface area contributed by atoms with Gasteiger partial charge in [0.1, 0.15) is 6.04 Å². The van der Waals surface area contributed by atoms with Gasteiger partial charge in [-0.2, -0.15) is 0 Å². The van der Waals surface area contributed by atoms with Crippen LogP contribution in [0.3, 0.4) is 0 Å². The van der Waals surface area contributed by atoms with Gasteiger partial charge in [0.15, 0.2) is 0 Å². The van der Waals surface area contributed by atoms with Crippen molar-refractivity contribution in [2.24, 2.45) is 11.3 Å². The Morgan fingerprint density at radius 1 is 1.17 bits per heavy atom. The highest BCUT2D eigenvalue weighted by atomic mass is 32.2. The SMILES string of the molecule is CC1CCN(Cc2cccc(CNC(=O)C3CSCN3C(=O)C(C)(C)C)c2)CC1. The fourth-order valence-corrected chi connectivity index (χ4v) is 5.07. The number of nitrogens with zero attached hydrogens (tertiary/aromatic N) is 2. The molecule has 2 fully saturated rings. The van der Waals surface area contributed by atoms with Gasteiger partial charge in [0.2, 0.25) is 11.8 Å². The van der Waals surface area contributed by atoms with E-state index in [-0.39, 0.29) is 17.9 Å². The zero-order chi connectivity index (χ0) is 21.0. The van der Waals surface area contributed by atoms with Gasteiger partial charge in [-0.05, 0) is 43.0 Å². The first-order chi connectivity index (χ1) is 13.7. The van der Waals surface area contributed by atoms with Crippen LogP contribution in [0.15, 0.2) is 24.3 Å². The summed E-state index contributed by atoms with van der Waals surface area (Å²) in [5, 5.41) is 3.05. The van der Waals surface area contributed by atoms with E-state index in [1.165, 1.54) is 31.5 Å². The number of likely N-dealkylation sites (tertiary alicyclic amines) is 1. The van der Waals surface area contributed by atoms with E-state index in [4.69, 9.17) is 0 Å². The summed E-state index contributed by atoms with van der Waals surface area (Å²) in [7, 11) is 0. The molecule has 1 aromatic carbocycles. The maximum absolute atomic E-state index is 12.8. The van der Waals surface area contributed by atoms with E-state index in [0.717, 1.165) is 18.0 Å². The second kappa shape index (κ2) is 9.52. The molecule has 29 heavy (non-hydrogen) atoms. The van der Waals surface area contributed by atoms with Gasteiger partial charge in [0.05, 0.1) is 5.88 Å². The van der Waals surface area contributed by atoms with Crippen molar-refractivity contribution in [2.45, 2.75) is 59.7 Å². The zero-order valence-electron chi connectivity index (χ0n) is 18.2. The lowest BCUT2D eigenvalue weighted by molar-refractivity contribution is -0.144.